The number of hydrogen-bond acceptors (Lipinski definition) is 5. The predicted molar refractivity (Wildman–Crippen MR) is 96.2 cm³/mol. The van der Waals surface area contributed by atoms with Gasteiger partial charge in [-0.3, -0.25) is 14.0 Å². The van der Waals surface area contributed by atoms with Gasteiger partial charge in [-0.05, 0) is 36.8 Å². The highest BCUT2D eigenvalue weighted by atomic mass is 16.4. The Labute approximate surface area is 149 Å². The molecular weight excluding hydrogens is 334 g/mol. The molecule has 2 heterocycles. The first-order chi connectivity index (χ1) is 12.4. The fourth-order valence-corrected chi connectivity index (χ4v) is 2.51. The van der Waals surface area contributed by atoms with E-state index in [1.807, 2.05) is 19.2 Å². The van der Waals surface area contributed by atoms with Crippen LogP contribution in [0, 0.1) is 6.92 Å². The molecule has 0 saturated heterocycles. The molecule has 0 bridgehead atoms. The summed E-state index contributed by atoms with van der Waals surface area (Å²) in [4.78, 5) is 26.6. The Hall–Kier alpha value is -3.55. The SMILES string of the molecule is CC(=O)Nc1cccc(N=Nc2c(CC(=O)O)nc3ccc(C)cn23)c1. The second-order valence-corrected chi connectivity index (χ2v) is 5.82. The summed E-state index contributed by atoms with van der Waals surface area (Å²) < 4.78 is 1.72. The number of nitrogens with zero attached hydrogens (tertiary/aromatic N) is 4. The van der Waals surface area contributed by atoms with Gasteiger partial charge in [0.1, 0.15) is 5.65 Å². The van der Waals surface area contributed by atoms with E-state index in [-0.39, 0.29) is 12.3 Å². The number of benzene rings is 1. The van der Waals surface area contributed by atoms with Crippen molar-refractivity contribution in [2.24, 2.45) is 10.2 Å². The van der Waals surface area contributed by atoms with Gasteiger partial charge in [0.05, 0.1) is 17.8 Å². The van der Waals surface area contributed by atoms with E-state index < -0.39 is 5.97 Å². The van der Waals surface area contributed by atoms with E-state index in [0.717, 1.165) is 5.56 Å². The molecule has 0 fully saturated rings. The van der Waals surface area contributed by atoms with Crippen LogP contribution < -0.4 is 5.32 Å². The number of anilines is 1. The second kappa shape index (κ2) is 7.14. The van der Waals surface area contributed by atoms with Crippen LogP contribution in [0.15, 0.2) is 52.8 Å². The minimum atomic E-state index is -0.991. The Morgan fingerprint density at radius 1 is 1.23 bits per heavy atom. The average Bonchev–Trinajstić information content (AvgIpc) is 2.88. The molecule has 0 aliphatic heterocycles. The van der Waals surface area contributed by atoms with Gasteiger partial charge in [0, 0.05) is 18.8 Å². The number of carboxylic acids is 1. The third kappa shape index (κ3) is 3.92. The monoisotopic (exact) mass is 351 g/mol. The zero-order valence-corrected chi connectivity index (χ0v) is 14.3. The molecule has 3 rings (SSSR count). The van der Waals surface area contributed by atoms with Crippen molar-refractivity contribution >= 4 is 34.7 Å². The van der Waals surface area contributed by atoms with E-state index in [0.29, 0.717) is 28.5 Å². The van der Waals surface area contributed by atoms with E-state index in [2.05, 4.69) is 20.5 Å². The number of aromatic nitrogens is 2. The number of azo groups is 1. The molecule has 8 heteroatoms. The number of fused-ring (bicyclic) bond motifs is 1. The summed E-state index contributed by atoms with van der Waals surface area (Å²) in [5, 5.41) is 20.2. The molecule has 2 N–H and O–H groups in total. The van der Waals surface area contributed by atoms with Gasteiger partial charge >= 0.3 is 5.97 Å². The van der Waals surface area contributed by atoms with Gasteiger partial charge < -0.3 is 10.4 Å². The molecule has 26 heavy (non-hydrogen) atoms. The summed E-state index contributed by atoms with van der Waals surface area (Å²) in [7, 11) is 0. The van der Waals surface area contributed by atoms with Crippen molar-refractivity contribution in [1.29, 1.82) is 0 Å². The average molecular weight is 351 g/mol. The molecule has 0 spiro atoms. The molecule has 0 radical (unpaired) electrons. The summed E-state index contributed by atoms with van der Waals surface area (Å²) in [6, 6.07) is 10.6. The maximum Gasteiger partial charge on any atom is 0.309 e. The number of hydrogen-bond donors (Lipinski definition) is 2. The highest BCUT2D eigenvalue weighted by Crippen LogP contribution is 2.26. The molecule has 3 aromatic rings. The van der Waals surface area contributed by atoms with Gasteiger partial charge in [0.15, 0.2) is 5.82 Å². The standard InChI is InChI=1S/C18H17N5O3/c1-11-6-7-16-20-15(9-17(25)26)18(23(16)10-11)22-21-14-5-3-4-13(8-14)19-12(2)24/h3-8,10H,9H2,1-2H3,(H,19,24)(H,25,26). The summed E-state index contributed by atoms with van der Waals surface area (Å²) in [6.07, 6.45) is 1.58. The number of carbonyl (C=O) groups excluding carboxylic acids is 1. The van der Waals surface area contributed by atoms with Crippen molar-refractivity contribution in [2.45, 2.75) is 20.3 Å². The number of carboxylic acid groups (broad SMARTS) is 1. The summed E-state index contributed by atoms with van der Waals surface area (Å²) in [5.41, 5.74) is 3.06. The van der Waals surface area contributed by atoms with Crippen molar-refractivity contribution in [1.82, 2.24) is 9.38 Å². The van der Waals surface area contributed by atoms with Crippen LogP contribution in [0.2, 0.25) is 0 Å². The lowest BCUT2D eigenvalue weighted by molar-refractivity contribution is -0.136. The fraction of sp³-hybridized carbons (Fsp3) is 0.167. The second-order valence-electron chi connectivity index (χ2n) is 5.82. The molecule has 8 nitrogen and oxygen atoms in total. The summed E-state index contributed by atoms with van der Waals surface area (Å²) in [6.45, 7) is 3.35. The minimum Gasteiger partial charge on any atom is -0.481 e. The molecule has 0 saturated carbocycles. The maximum absolute atomic E-state index is 11.2. The molecule has 2 aromatic heterocycles. The van der Waals surface area contributed by atoms with Crippen molar-refractivity contribution in [3.8, 4) is 0 Å². The van der Waals surface area contributed by atoms with Crippen molar-refractivity contribution in [3.63, 3.8) is 0 Å². The predicted octanol–water partition coefficient (Wildman–Crippen LogP) is 3.64. The van der Waals surface area contributed by atoms with Gasteiger partial charge in [0.25, 0.3) is 0 Å². The molecule has 0 aliphatic rings. The van der Waals surface area contributed by atoms with E-state index >= 15 is 0 Å². The van der Waals surface area contributed by atoms with Crippen LogP contribution >= 0.6 is 0 Å². The van der Waals surface area contributed by atoms with Crippen molar-refractivity contribution < 1.29 is 14.7 Å². The smallest absolute Gasteiger partial charge is 0.309 e. The lowest BCUT2D eigenvalue weighted by Gasteiger charge is -2.02. The normalized spacial score (nSPS) is 11.2. The van der Waals surface area contributed by atoms with Crippen LogP contribution in [0.3, 0.4) is 0 Å². The number of pyridine rings is 1. The highest BCUT2D eigenvalue weighted by Gasteiger charge is 2.15. The Kier molecular flexibility index (Phi) is 4.74. The fourth-order valence-electron chi connectivity index (χ4n) is 2.51. The van der Waals surface area contributed by atoms with Crippen LogP contribution in [-0.4, -0.2) is 26.4 Å². The van der Waals surface area contributed by atoms with E-state index in [1.165, 1.54) is 6.92 Å². The Morgan fingerprint density at radius 2 is 2.04 bits per heavy atom. The van der Waals surface area contributed by atoms with E-state index in [1.54, 1.807) is 34.7 Å². The Bertz CT molecular complexity index is 1020. The largest absolute Gasteiger partial charge is 0.481 e. The topological polar surface area (TPSA) is 108 Å². The highest BCUT2D eigenvalue weighted by molar-refractivity contribution is 5.89. The zero-order valence-electron chi connectivity index (χ0n) is 14.3. The number of carbonyl (C=O) groups is 2. The molecule has 0 atom stereocenters. The lowest BCUT2D eigenvalue weighted by atomic mass is 10.3. The number of nitrogens with one attached hydrogen (secondary N) is 1. The van der Waals surface area contributed by atoms with Gasteiger partial charge in [-0.1, -0.05) is 12.1 Å². The number of imidazole rings is 1. The molecule has 1 amide bonds. The zero-order chi connectivity index (χ0) is 18.7. The minimum absolute atomic E-state index is 0.180. The first kappa shape index (κ1) is 17.3. The van der Waals surface area contributed by atoms with Crippen molar-refractivity contribution in [3.05, 3.63) is 53.9 Å². The van der Waals surface area contributed by atoms with Crippen LogP contribution in [-0.2, 0) is 16.0 Å². The van der Waals surface area contributed by atoms with Crippen LogP contribution in [0.25, 0.3) is 5.65 Å². The first-order valence-electron chi connectivity index (χ1n) is 7.91. The number of rotatable bonds is 5. The maximum atomic E-state index is 11.2. The van der Waals surface area contributed by atoms with Gasteiger partial charge in [0.2, 0.25) is 5.91 Å². The molecule has 132 valence electrons. The quantitative estimate of drug-likeness (QED) is 0.684. The van der Waals surface area contributed by atoms with Crippen LogP contribution in [0.5, 0.6) is 0 Å². The number of amides is 1. The number of aliphatic carboxylic acids is 1. The first-order valence-corrected chi connectivity index (χ1v) is 7.91. The molecule has 1 aromatic carbocycles. The summed E-state index contributed by atoms with van der Waals surface area (Å²) >= 11 is 0. The van der Waals surface area contributed by atoms with Crippen LogP contribution in [0.4, 0.5) is 17.2 Å². The van der Waals surface area contributed by atoms with Gasteiger partial charge in [-0.2, -0.15) is 0 Å². The van der Waals surface area contributed by atoms with E-state index in [4.69, 9.17) is 5.11 Å². The number of aryl methyl sites for hydroxylation is 1. The molecular formula is C18H17N5O3. The lowest BCUT2D eigenvalue weighted by Crippen LogP contribution is -2.05. The van der Waals surface area contributed by atoms with Crippen molar-refractivity contribution in [2.75, 3.05) is 5.32 Å². The Balaban J connectivity index is 2.01. The third-order valence-electron chi connectivity index (χ3n) is 3.56. The summed E-state index contributed by atoms with van der Waals surface area (Å²) in [5.74, 6) is -0.801. The van der Waals surface area contributed by atoms with Gasteiger partial charge in [-0.15, -0.1) is 10.2 Å². The molecule has 0 unspecified atom stereocenters. The van der Waals surface area contributed by atoms with E-state index in [9.17, 15) is 9.59 Å². The van der Waals surface area contributed by atoms with Gasteiger partial charge in [-0.25, -0.2) is 4.98 Å². The third-order valence-corrected chi connectivity index (χ3v) is 3.56. The molecule has 0 aliphatic carbocycles. The van der Waals surface area contributed by atoms with Crippen LogP contribution in [0.1, 0.15) is 18.2 Å². The Morgan fingerprint density at radius 3 is 2.77 bits per heavy atom.